The highest BCUT2D eigenvalue weighted by atomic mass is 15.0. The Balaban J connectivity index is 1.55. The number of hydrogen-bond donors (Lipinski definition) is 0. The fourth-order valence-electron chi connectivity index (χ4n) is 3.20. The van der Waals surface area contributed by atoms with E-state index in [0.717, 1.165) is 18.3 Å². The average molecular weight is 274 g/mol. The van der Waals surface area contributed by atoms with Crippen molar-refractivity contribution in [3.8, 4) is 5.69 Å². The molecule has 2 heteroatoms. The molecule has 1 aliphatic carbocycles. The molecule has 0 unspecified atom stereocenters. The van der Waals surface area contributed by atoms with Gasteiger partial charge in [0.15, 0.2) is 0 Å². The minimum Gasteiger partial charge on any atom is -0.306 e. The van der Waals surface area contributed by atoms with Crippen molar-refractivity contribution in [1.82, 2.24) is 9.55 Å². The maximum atomic E-state index is 4.16. The molecule has 21 heavy (non-hydrogen) atoms. The highest BCUT2D eigenvalue weighted by molar-refractivity contribution is 5.42. The first-order valence-electron chi connectivity index (χ1n) is 7.53. The van der Waals surface area contributed by atoms with Crippen LogP contribution in [0.15, 0.2) is 73.3 Å². The monoisotopic (exact) mass is 274 g/mol. The Labute approximate surface area is 125 Å². The molecule has 1 aromatic heterocycles. The number of nitrogens with zero attached hydrogens (tertiary/aromatic N) is 2. The number of benzene rings is 2. The Morgan fingerprint density at radius 2 is 1.81 bits per heavy atom. The summed E-state index contributed by atoms with van der Waals surface area (Å²) in [6.07, 6.45) is 8.18. The minimum absolute atomic E-state index is 0.738. The third-order valence-corrected chi connectivity index (χ3v) is 4.41. The van der Waals surface area contributed by atoms with Gasteiger partial charge in [-0.1, -0.05) is 48.5 Å². The summed E-state index contributed by atoms with van der Waals surface area (Å²) in [5.74, 6) is 1.51. The van der Waals surface area contributed by atoms with E-state index >= 15 is 0 Å². The lowest BCUT2D eigenvalue weighted by molar-refractivity contribution is 0.787. The molecular formula is C19H18N2. The van der Waals surface area contributed by atoms with E-state index in [1.165, 1.54) is 23.2 Å². The predicted octanol–water partition coefficient (Wildman–Crippen LogP) is 4.22. The number of imidazole rings is 1. The largest absolute Gasteiger partial charge is 0.306 e. The van der Waals surface area contributed by atoms with E-state index in [9.17, 15) is 0 Å². The summed E-state index contributed by atoms with van der Waals surface area (Å²) in [5, 5.41) is 0. The molecular weight excluding hydrogens is 256 g/mol. The molecule has 0 amide bonds. The molecule has 0 radical (unpaired) electrons. The topological polar surface area (TPSA) is 17.8 Å². The van der Waals surface area contributed by atoms with Crippen molar-refractivity contribution in [2.24, 2.45) is 5.92 Å². The van der Waals surface area contributed by atoms with Crippen molar-refractivity contribution >= 4 is 0 Å². The van der Waals surface area contributed by atoms with Crippen molar-refractivity contribution in [2.75, 3.05) is 0 Å². The van der Waals surface area contributed by atoms with Crippen molar-refractivity contribution in [3.63, 3.8) is 0 Å². The SMILES string of the molecule is c1ccc([C@@H]2C[C@@H]2Cc2ccccc2-n2ccnc2)cc1. The lowest BCUT2D eigenvalue weighted by atomic mass is 10.0. The molecule has 1 heterocycles. The first-order valence-corrected chi connectivity index (χ1v) is 7.53. The zero-order valence-corrected chi connectivity index (χ0v) is 11.9. The Morgan fingerprint density at radius 3 is 2.62 bits per heavy atom. The van der Waals surface area contributed by atoms with Gasteiger partial charge >= 0.3 is 0 Å². The van der Waals surface area contributed by atoms with Gasteiger partial charge in [-0.2, -0.15) is 0 Å². The summed E-state index contributed by atoms with van der Waals surface area (Å²) in [7, 11) is 0. The summed E-state index contributed by atoms with van der Waals surface area (Å²) in [6.45, 7) is 0. The molecule has 1 aliphatic rings. The van der Waals surface area contributed by atoms with Gasteiger partial charge in [-0.25, -0.2) is 4.98 Å². The summed E-state index contributed by atoms with van der Waals surface area (Å²) < 4.78 is 2.11. The van der Waals surface area contributed by atoms with E-state index in [-0.39, 0.29) is 0 Å². The second-order valence-electron chi connectivity index (χ2n) is 5.82. The standard InChI is InChI=1S/C19H18N2/c1-2-6-15(7-3-1)18-13-17(18)12-16-8-4-5-9-19(16)21-11-10-20-14-21/h1-11,14,17-18H,12-13H2/t17-,18-/m0/s1. The van der Waals surface area contributed by atoms with Crippen molar-refractivity contribution in [1.29, 1.82) is 0 Å². The van der Waals surface area contributed by atoms with Crippen molar-refractivity contribution < 1.29 is 0 Å². The van der Waals surface area contributed by atoms with Crippen LogP contribution in [-0.4, -0.2) is 9.55 Å². The Bertz CT molecular complexity index is 716. The number of aromatic nitrogens is 2. The smallest absolute Gasteiger partial charge is 0.0991 e. The highest BCUT2D eigenvalue weighted by Crippen LogP contribution is 2.49. The molecule has 0 N–H and O–H groups in total. The van der Waals surface area contributed by atoms with E-state index in [1.54, 1.807) is 0 Å². The number of para-hydroxylation sites is 1. The van der Waals surface area contributed by atoms with Gasteiger partial charge in [0.05, 0.1) is 6.33 Å². The van der Waals surface area contributed by atoms with Crippen LogP contribution >= 0.6 is 0 Å². The van der Waals surface area contributed by atoms with Crippen LogP contribution in [0.1, 0.15) is 23.5 Å². The molecule has 0 saturated heterocycles. The van der Waals surface area contributed by atoms with Gasteiger partial charge in [-0.3, -0.25) is 0 Å². The molecule has 2 nitrogen and oxygen atoms in total. The van der Waals surface area contributed by atoms with E-state index < -0.39 is 0 Å². The van der Waals surface area contributed by atoms with E-state index in [4.69, 9.17) is 0 Å². The second-order valence-corrected chi connectivity index (χ2v) is 5.82. The zero-order chi connectivity index (χ0) is 14.1. The van der Waals surface area contributed by atoms with Crippen LogP contribution < -0.4 is 0 Å². The summed E-state index contributed by atoms with van der Waals surface area (Å²) >= 11 is 0. The summed E-state index contributed by atoms with van der Waals surface area (Å²) in [5.41, 5.74) is 4.16. The minimum atomic E-state index is 0.738. The number of rotatable bonds is 4. The van der Waals surface area contributed by atoms with Gasteiger partial charge in [0.25, 0.3) is 0 Å². The molecule has 3 aromatic rings. The van der Waals surface area contributed by atoms with Gasteiger partial charge in [0.2, 0.25) is 0 Å². The second kappa shape index (κ2) is 5.21. The van der Waals surface area contributed by atoms with Crippen molar-refractivity contribution in [2.45, 2.75) is 18.8 Å². The Morgan fingerprint density at radius 1 is 1.00 bits per heavy atom. The molecule has 4 rings (SSSR count). The highest BCUT2D eigenvalue weighted by Gasteiger charge is 2.38. The van der Waals surface area contributed by atoms with Gasteiger partial charge in [0.1, 0.15) is 0 Å². The Kier molecular flexibility index (Phi) is 3.07. The Hall–Kier alpha value is -2.35. The average Bonchev–Trinajstić information content (AvgIpc) is 3.09. The number of hydrogen-bond acceptors (Lipinski definition) is 1. The van der Waals surface area contributed by atoms with Crippen LogP contribution in [0.4, 0.5) is 0 Å². The molecule has 2 atom stereocenters. The van der Waals surface area contributed by atoms with Crippen LogP contribution in [0, 0.1) is 5.92 Å². The van der Waals surface area contributed by atoms with E-state index in [1.807, 2.05) is 18.7 Å². The fraction of sp³-hybridized carbons (Fsp3) is 0.211. The molecule has 0 bridgehead atoms. The fourth-order valence-corrected chi connectivity index (χ4v) is 3.20. The van der Waals surface area contributed by atoms with Gasteiger partial charge in [0, 0.05) is 18.1 Å². The first kappa shape index (κ1) is 12.4. The maximum absolute atomic E-state index is 4.16. The van der Waals surface area contributed by atoms with Crippen LogP contribution in [0.25, 0.3) is 5.69 Å². The van der Waals surface area contributed by atoms with Crippen LogP contribution in [0.5, 0.6) is 0 Å². The molecule has 0 aliphatic heterocycles. The molecule has 104 valence electrons. The van der Waals surface area contributed by atoms with E-state index in [0.29, 0.717) is 0 Å². The lowest BCUT2D eigenvalue weighted by Crippen LogP contribution is -1.99. The summed E-state index contributed by atoms with van der Waals surface area (Å²) in [4.78, 5) is 4.16. The molecule has 1 fully saturated rings. The van der Waals surface area contributed by atoms with Crippen molar-refractivity contribution in [3.05, 3.63) is 84.4 Å². The third-order valence-electron chi connectivity index (χ3n) is 4.41. The normalized spacial score (nSPS) is 20.4. The first-order chi connectivity index (χ1) is 10.4. The quantitative estimate of drug-likeness (QED) is 0.696. The van der Waals surface area contributed by atoms with Gasteiger partial charge in [-0.15, -0.1) is 0 Å². The molecule has 1 saturated carbocycles. The lowest BCUT2D eigenvalue weighted by Gasteiger charge is -2.10. The van der Waals surface area contributed by atoms with Gasteiger partial charge in [-0.05, 0) is 41.9 Å². The van der Waals surface area contributed by atoms with E-state index in [2.05, 4.69) is 64.1 Å². The molecule has 2 aromatic carbocycles. The zero-order valence-electron chi connectivity index (χ0n) is 11.9. The predicted molar refractivity (Wildman–Crippen MR) is 84.6 cm³/mol. The summed E-state index contributed by atoms with van der Waals surface area (Å²) in [6, 6.07) is 19.5. The molecule has 0 spiro atoms. The van der Waals surface area contributed by atoms with Crippen LogP contribution in [0.3, 0.4) is 0 Å². The van der Waals surface area contributed by atoms with Crippen LogP contribution in [0.2, 0.25) is 0 Å². The maximum Gasteiger partial charge on any atom is 0.0991 e. The third kappa shape index (κ3) is 2.49. The van der Waals surface area contributed by atoms with Gasteiger partial charge < -0.3 is 4.57 Å². The van der Waals surface area contributed by atoms with Crippen LogP contribution in [-0.2, 0) is 6.42 Å².